The molecule has 0 radical (unpaired) electrons. The normalized spacial score (nSPS) is 12.5. The predicted molar refractivity (Wildman–Crippen MR) is 108 cm³/mol. The molecule has 7 nitrogen and oxygen atoms in total. The molecule has 2 aromatic rings. The van der Waals surface area contributed by atoms with E-state index in [-0.39, 0.29) is 23.0 Å². The zero-order valence-electron chi connectivity index (χ0n) is 16.0. The Balaban J connectivity index is 2.26. The molecule has 0 aliphatic carbocycles. The number of aromatic carboxylic acids is 1. The Labute approximate surface area is 165 Å². The third-order valence-electron chi connectivity index (χ3n) is 4.15. The Hall–Kier alpha value is -2.42. The fourth-order valence-electron chi connectivity index (χ4n) is 2.66. The van der Waals surface area contributed by atoms with Crippen molar-refractivity contribution in [1.82, 2.24) is 4.72 Å². The van der Waals surface area contributed by atoms with Crippen molar-refractivity contribution in [3.63, 3.8) is 0 Å². The van der Waals surface area contributed by atoms with Crippen LogP contribution in [0.3, 0.4) is 0 Å². The molecule has 3 N–H and O–H groups in total. The predicted octanol–water partition coefficient (Wildman–Crippen LogP) is 3.26. The highest BCUT2D eigenvalue weighted by Gasteiger charge is 2.21. The van der Waals surface area contributed by atoms with Crippen LogP contribution in [0.2, 0.25) is 0 Å². The maximum absolute atomic E-state index is 12.8. The van der Waals surface area contributed by atoms with Gasteiger partial charge in [0.2, 0.25) is 10.0 Å². The van der Waals surface area contributed by atoms with E-state index in [1.54, 1.807) is 0 Å². The van der Waals surface area contributed by atoms with E-state index < -0.39 is 16.0 Å². The van der Waals surface area contributed by atoms with Crippen LogP contribution in [-0.4, -0.2) is 39.3 Å². The second-order valence-corrected chi connectivity index (χ2v) is 7.98. The lowest BCUT2D eigenvalue weighted by Crippen LogP contribution is -2.27. The number of anilines is 1. The third kappa shape index (κ3) is 6.05. The van der Waals surface area contributed by atoms with Gasteiger partial charge in [-0.25, -0.2) is 17.9 Å². The molecule has 152 valence electrons. The van der Waals surface area contributed by atoms with Gasteiger partial charge in [-0.15, -0.1) is 0 Å². The second-order valence-electron chi connectivity index (χ2n) is 6.24. The summed E-state index contributed by atoms with van der Waals surface area (Å²) in [4.78, 5) is 11.2. The summed E-state index contributed by atoms with van der Waals surface area (Å²) in [6, 6.07) is 13.5. The van der Waals surface area contributed by atoms with Gasteiger partial charge in [0, 0.05) is 25.8 Å². The molecule has 0 unspecified atom stereocenters. The van der Waals surface area contributed by atoms with Gasteiger partial charge in [-0.2, -0.15) is 0 Å². The number of carbonyl (C=O) groups is 1. The van der Waals surface area contributed by atoms with E-state index in [0.717, 1.165) is 5.56 Å². The molecular formula is C20H26N2O5S. The minimum absolute atomic E-state index is 0.0902. The molecule has 8 heteroatoms. The van der Waals surface area contributed by atoms with Crippen molar-refractivity contribution in [2.45, 2.75) is 31.2 Å². The van der Waals surface area contributed by atoms with Crippen LogP contribution in [-0.2, 0) is 14.8 Å². The number of carboxylic acids is 1. The van der Waals surface area contributed by atoms with Crippen LogP contribution < -0.4 is 10.0 Å². The third-order valence-corrected chi connectivity index (χ3v) is 5.65. The Bertz CT molecular complexity index is 885. The summed E-state index contributed by atoms with van der Waals surface area (Å²) in [5, 5.41) is 12.4. The van der Waals surface area contributed by atoms with Crippen molar-refractivity contribution in [3.8, 4) is 0 Å². The maximum Gasteiger partial charge on any atom is 0.335 e. The molecule has 2 rings (SSSR count). The number of rotatable bonds is 11. The minimum atomic E-state index is -3.89. The van der Waals surface area contributed by atoms with Crippen molar-refractivity contribution < 1.29 is 23.1 Å². The fourth-order valence-corrected chi connectivity index (χ4v) is 3.93. The number of benzene rings is 2. The molecule has 0 aliphatic rings. The molecule has 2 aromatic carbocycles. The Kier molecular flexibility index (Phi) is 7.98. The molecule has 0 fully saturated rings. The van der Waals surface area contributed by atoms with Crippen LogP contribution in [0.5, 0.6) is 0 Å². The van der Waals surface area contributed by atoms with E-state index in [2.05, 4.69) is 10.0 Å². The van der Waals surface area contributed by atoms with E-state index in [9.17, 15) is 18.3 Å². The summed E-state index contributed by atoms with van der Waals surface area (Å²) in [5.74, 6) is -1.18. The molecule has 1 atom stereocenters. The van der Waals surface area contributed by atoms with Gasteiger partial charge in [0.1, 0.15) is 4.90 Å². The highest BCUT2D eigenvalue weighted by atomic mass is 32.2. The van der Waals surface area contributed by atoms with Gasteiger partial charge >= 0.3 is 5.97 Å². The molecule has 0 aromatic heterocycles. The lowest BCUT2D eigenvalue weighted by Gasteiger charge is -2.19. The molecule has 0 heterocycles. The van der Waals surface area contributed by atoms with E-state index in [0.29, 0.717) is 25.3 Å². The van der Waals surface area contributed by atoms with Crippen molar-refractivity contribution in [1.29, 1.82) is 0 Å². The molecule has 28 heavy (non-hydrogen) atoms. The van der Waals surface area contributed by atoms with Gasteiger partial charge in [-0.3, -0.25) is 0 Å². The van der Waals surface area contributed by atoms with Gasteiger partial charge in [0.15, 0.2) is 0 Å². The molecule has 0 aliphatic heterocycles. The van der Waals surface area contributed by atoms with Gasteiger partial charge in [-0.1, -0.05) is 30.3 Å². The molecular weight excluding hydrogens is 380 g/mol. The highest BCUT2D eigenvalue weighted by molar-refractivity contribution is 7.89. The van der Waals surface area contributed by atoms with Crippen LogP contribution in [0.1, 0.15) is 42.2 Å². The van der Waals surface area contributed by atoms with Crippen molar-refractivity contribution in [3.05, 3.63) is 59.7 Å². The van der Waals surface area contributed by atoms with Gasteiger partial charge in [0.05, 0.1) is 11.3 Å². The first kappa shape index (κ1) is 21.9. The first-order valence-electron chi connectivity index (χ1n) is 9.11. The second kappa shape index (κ2) is 10.2. The summed E-state index contributed by atoms with van der Waals surface area (Å²) in [6.07, 6.45) is 0.523. The van der Waals surface area contributed by atoms with Gasteiger partial charge < -0.3 is 15.2 Å². The van der Waals surface area contributed by atoms with E-state index in [4.69, 9.17) is 4.74 Å². The van der Waals surface area contributed by atoms with E-state index in [1.807, 2.05) is 44.2 Å². The molecule has 0 bridgehead atoms. The molecule has 0 amide bonds. The number of sulfonamides is 1. The van der Waals surface area contributed by atoms with Gasteiger partial charge in [0.25, 0.3) is 0 Å². The van der Waals surface area contributed by atoms with Crippen LogP contribution in [0.15, 0.2) is 53.4 Å². The van der Waals surface area contributed by atoms with Crippen LogP contribution in [0.25, 0.3) is 0 Å². The largest absolute Gasteiger partial charge is 0.478 e. The summed E-state index contributed by atoms with van der Waals surface area (Å²) in [6.45, 7) is 5.00. The number of ether oxygens (including phenoxy) is 1. The smallest absolute Gasteiger partial charge is 0.335 e. The van der Waals surface area contributed by atoms with Crippen LogP contribution >= 0.6 is 0 Å². The lowest BCUT2D eigenvalue weighted by molar-refractivity contribution is 0.0696. The average molecular weight is 407 g/mol. The zero-order chi connectivity index (χ0) is 20.6. The minimum Gasteiger partial charge on any atom is -0.478 e. The molecule has 0 saturated heterocycles. The summed E-state index contributed by atoms with van der Waals surface area (Å²) in [5.41, 5.74) is 1.24. The number of hydrogen-bond donors (Lipinski definition) is 3. The van der Waals surface area contributed by atoms with E-state index in [1.165, 1.54) is 18.2 Å². The topological polar surface area (TPSA) is 105 Å². The summed E-state index contributed by atoms with van der Waals surface area (Å²) in [7, 11) is -3.89. The molecule has 0 saturated carbocycles. The fraction of sp³-hybridized carbons (Fsp3) is 0.350. The number of hydrogen-bond acceptors (Lipinski definition) is 5. The van der Waals surface area contributed by atoms with Crippen LogP contribution in [0.4, 0.5) is 5.69 Å². The van der Waals surface area contributed by atoms with E-state index >= 15 is 0 Å². The SMILES string of the molecule is CCOCCCNS(=O)(=O)c1cc(C(=O)O)ccc1N[C@@H](C)c1ccccc1. The molecule has 0 spiro atoms. The average Bonchev–Trinajstić information content (AvgIpc) is 2.68. The van der Waals surface area contributed by atoms with Crippen LogP contribution in [0, 0.1) is 0 Å². The Morgan fingerprint density at radius 2 is 1.89 bits per heavy atom. The maximum atomic E-state index is 12.8. The summed E-state index contributed by atoms with van der Waals surface area (Å²) < 4.78 is 33.3. The van der Waals surface area contributed by atoms with Gasteiger partial charge in [-0.05, 0) is 44.0 Å². The standard InChI is InChI=1S/C20H26N2O5S/c1-3-27-13-7-12-21-28(25,26)19-14-17(20(23)24)10-11-18(19)22-15(2)16-8-5-4-6-9-16/h4-6,8-11,14-15,21-22H,3,7,12-13H2,1-2H3,(H,23,24)/t15-/m0/s1. The van der Waals surface area contributed by atoms with Crippen molar-refractivity contribution >= 4 is 21.7 Å². The van der Waals surface area contributed by atoms with Crippen molar-refractivity contribution in [2.24, 2.45) is 0 Å². The summed E-state index contributed by atoms with van der Waals surface area (Å²) >= 11 is 0. The van der Waals surface area contributed by atoms with Crippen molar-refractivity contribution in [2.75, 3.05) is 25.1 Å². The Morgan fingerprint density at radius 1 is 1.18 bits per heavy atom. The quantitative estimate of drug-likeness (QED) is 0.495. The Morgan fingerprint density at radius 3 is 2.54 bits per heavy atom. The number of carboxylic acid groups (broad SMARTS) is 1. The first-order valence-corrected chi connectivity index (χ1v) is 10.6. The monoisotopic (exact) mass is 406 g/mol. The lowest BCUT2D eigenvalue weighted by atomic mass is 10.1. The zero-order valence-corrected chi connectivity index (χ0v) is 16.8. The number of nitrogens with one attached hydrogen (secondary N) is 2. The first-order chi connectivity index (χ1) is 13.3. The highest BCUT2D eigenvalue weighted by Crippen LogP contribution is 2.27.